The Balaban J connectivity index is 1.42. The van der Waals surface area contributed by atoms with Gasteiger partial charge in [0.05, 0.1) is 0 Å². The second kappa shape index (κ2) is 8.49. The Hall–Kier alpha value is -3.02. The molecule has 6 heteroatoms. The number of pyridine rings is 2. The summed E-state index contributed by atoms with van der Waals surface area (Å²) in [6, 6.07) is 7.26. The van der Waals surface area contributed by atoms with Gasteiger partial charge in [-0.3, -0.25) is 0 Å². The average molecular weight is 435 g/mol. The highest BCUT2D eigenvalue weighted by Gasteiger charge is 2.24. The Morgan fingerprint density at radius 1 is 0.719 bits per heavy atom. The van der Waals surface area contributed by atoms with Gasteiger partial charge >= 0.3 is 0 Å². The van der Waals surface area contributed by atoms with Gasteiger partial charge in [0.25, 0.3) is 0 Å². The van der Waals surface area contributed by atoms with Crippen LogP contribution in [-0.2, 0) is 0 Å². The minimum Gasteiger partial charge on any atom is -0.370 e. The van der Waals surface area contributed by atoms with E-state index in [0.29, 0.717) is 11.1 Å². The van der Waals surface area contributed by atoms with E-state index in [2.05, 4.69) is 20.6 Å². The summed E-state index contributed by atoms with van der Waals surface area (Å²) in [5.41, 5.74) is 2.23. The number of hydrogen-bond donors (Lipinski definition) is 2. The van der Waals surface area contributed by atoms with Gasteiger partial charge in [-0.15, -0.1) is 0 Å². The molecule has 166 valence electrons. The van der Waals surface area contributed by atoms with E-state index in [0.717, 1.165) is 36.6 Å². The van der Waals surface area contributed by atoms with Crippen molar-refractivity contribution in [2.75, 3.05) is 23.7 Å². The molecule has 0 atom stereocenters. The van der Waals surface area contributed by atoms with Crippen molar-refractivity contribution in [3.8, 4) is 22.3 Å². The van der Waals surface area contributed by atoms with E-state index in [4.69, 9.17) is 0 Å². The molecule has 32 heavy (non-hydrogen) atoms. The zero-order chi connectivity index (χ0) is 22.2. The first kappa shape index (κ1) is 20.9. The van der Waals surface area contributed by atoms with Gasteiger partial charge in [-0.25, -0.2) is 18.7 Å². The van der Waals surface area contributed by atoms with Gasteiger partial charge in [0.15, 0.2) is 0 Å². The predicted octanol–water partition coefficient (Wildman–Crippen LogP) is 6.35. The number of rotatable bonds is 8. The molecule has 2 aromatic heterocycles. The van der Waals surface area contributed by atoms with Crippen LogP contribution < -0.4 is 10.6 Å². The number of hydrogen-bond acceptors (Lipinski definition) is 4. The van der Waals surface area contributed by atoms with Crippen molar-refractivity contribution >= 4 is 11.6 Å². The maximum atomic E-state index is 15.5. The quantitative estimate of drug-likeness (QED) is 0.434. The third kappa shape index (κ3) is 4.31. The summed E-state index contributed by atoms with van der Waals surface area (Å²) in [6.07, 6.45) is 8.26. The summed E-state index contributed by atoms with van der Waals surface area (Å²) < 4.78 is 31.0. The molecule has 0 amide bonds. The molecule has 0 radical (unpaired) electrons. The summed E-state index contributed by atoms with van der Waals surface area (Å²) in [7, 11) is 0. The Morgan fingerprint density at radius 2 is 1.12 bits per heavy atom. The summed E-state index contributed by atoms with van der Waals surface area (Å²) in [6.45, 7) is 5.06. The second-order valence-corrected chi connectivity index (χ2v) is 9.14. The molecule has 1 aromatic carbocycles. The van der Waals surface area contributed by atoms with E-state index >= 15 is 8.78 Å². The monoisotopic (exact) mass is 434 g/mol. The fourth-order valence-corrected chi connectivity index (χ4v) is 4.04. The van der Waals surface area contributed by atoms with Crippen molar-refractivity contribution in [1.29, 1.82) is 0 Å². The van der Waals surface area contributed by atoms with Crippen LogP contribution in [0.5, 0.6) is 0 Å². The fourth-order valence-electron chi connectivity index (χ4n) is 4.04. The number of nitrogens with one attached hydrogen (secondary N) is 2. The highest BCUT2D eigenvalue weighted by atomic mass is 19.1. The van der Waals surface area contributed by atoms with Crippen LogP contribution in [0.4, 0.5) is 20.4 Å². The van der Waals surface area contributed by atoms with Gasteiger partial charge in [0.1, 0.15) is 23.3 Å². The lowest BCUT2D eigenvalue weighted by Crippen LogP contribution is -2.06. The highest BCUT2D eigenvalue weighted by Crippen LogP contribution is 2.38. The SMILES string of the molecule is Cc1c(F)c(-c2ccc(NCC3CC3)nc2)c(C)c(F)c1-c1ccc(NCC2CC2)nc1. The smallest absolute Gasteiger partial charge is 0.135 e. The lowest BCUT2D eigenvalue weighted by atomic mass is 9.91. The van der Waals surface area contributed by atoms with Crippen LogP contribution in [0, 0.1) is 37.3 Å². The van der Waals surface area contributed by atoms with Crippen LogP contribution >= 0.6 is 0 Å². The minimum atomic E-state index is -0.421. The Kier molecular flexibility index (Phi) is 5.53. The summed E-state index contributed by atoms with van der Waals surface area (Å²) >= 11 is 0. The molecule has 2 N–H and O–H groups in total. The highest BCUT2D eigenvalue weighted by molar-refractivity contribution is 5.78. The van der Waals surface area contributed by atoms with Crippen molar-refractivity contribution in [1.82, 2.24) is 9.97 Å². The van der Waals surface area contributed by atoms with Crippen LogP contribution in [0.3, 0.4) is 0 Å². The van der Waals surface area contributed by atoms with Gasteiger partial charge in [-0.1, -0.05) is 0 Å². The van der Waals surface area contributed by atoms with Crippen LogP contribution in [0.2, 0.25) is 0 Å². The molecule has 0 bridgehead atoms. The van der Waals surface area contributed by atoms with Crippen LogP contribution in [0.25, 0.3) is 22.3 Å². The number of aromatic nitrogens is 2. The van der Waals surface area contributed by atoms with Crippen LogP contribution in [0.1, 0.15) is 36.8 Å². The minimum absolute atomic E-state index is 0.265. The molecule has 3 aromatic rings. The lowest BCUT2D eigenvalue weighted by Gasteiger charge is -2.17. The molecule has 0 aliphatic heterocycles. The Labute approximate surface area is 187 Å². The van der Waals surface area contributed by atoms with E-state index in [-0.39, 0.29) is 22.3 Å². The molecule has 2 saturated carbocycles. The van der Waals surface area contributed by atoms with Crippen molar-refractivity contribution in [2.45, 2.75) is 39.5 Å². The molecule has 0 saturated heterocycles. The van der Waals surface area contributed by atoms with Crippen molar-refractivity contribution in [3.63, 3.8) is 0 Å². The molecule has 0 spiro atoms. The van der Waals surface area contributed by atoms with Crippen LogP contribution in [0.15, 0.2) is 36.7 Å². The summed E-state index contributed by atoms with van der Waals surface area (Å²) in [4.78, 5) is 8.81. The van der Waals surface area contributed by atoms with E-state index < -0.39 is 11.6 Å². The summed E-state index contributed by atoms with van der Waals surface area (Å²) in [5.74, 6) is 2.14. The normalized spacial score (nSPS) is 15.6. The first-order valence-corrected chi connectivity index (χ1v) is 11.4. The van der Waals surface area contributed by atoms with E-state index in [1.165, 1.54) is 25.7 Å². The van der Waals surface area contributed by atoms with Crippen LogP contribution in [-0.4, -0.2) is 23.1 Å². The number of anilines is 2. The lowest BCUT2D eigenvalue weighted by molar-refractivity contribution is 0.592. The molecule has 2 fully saturated rings. The molecular weight excluding hydrogens is 406 g/mol. The van der Waals surface area contributed by atoms with E-state index in [1.54, 1.807) is 38.4 Å². The first-order chi connectivity index (χ1) is 15.5. The Bertz CT molecular complexity index is 999. The van der Waals surface area contributed by atoms with Crippen molar-refractivity contribution in [2.24, 2.45) is 11.8 Å². The van der Waals surface area contributed by atoms with Crippen molar-refractivity contribution < 1.29 is 8.78 Å². The molecule has 2 aliphatic carbocycles. The standard InChI is InChI=1S/C26H28F2N4/c1-15-23(19-7-9-21(31-13-19)29-11-17-3-4-17)26(28)16(2)24(25(15)27)20-8-10-22(32-14-20)30-12-18-5-6-18/h7-10,13-14,17-18H,3-6,11-12H2,1-2H3,(H,29,31)(H,30,32). The number of benzene rings is 1. The molecule has 0 unspecified atom stereocenters. The predicted molar refractivity (Wildman–Crippen MR) is 125 cm³/mol. The molecule has 2 aliphatic rings. The van der Waals surface area contributed by atoms with Gasteiger partial charge in [0.2, 0.25) is 0 Å². The zero-order valence-electron chi connectivity index (χ0n) is 18.5. The zero-order valence-corrected chi connectivity index (χ0v) is 18.5. The van der Waals surface area contributed by atoms with Gasteiger partial charge in [-0.05, 0) is 86.8 Å². The fraction of sp³-hybridized carbons (Fsp3) is 0.385. The number of nitrogens with zero attached hydrogens (tertiary/aromatic N) is 2. The Morgan fingerprint density at radius 3 is 1.44 bits per heavy atom. The maximum Gasteiger partial charge on any atom is 0.135 e. The van der Waals surface area contributed by atoms with Gasteiger partial charge < -0.3 is 10.6 Å². The first-order valence-electron chi connectivity index (χ1n) is 11.4. The van der Waals surface area contributed by atoms with E-state index in [9.17, 15) is 0 Å². The molecule has 4 nitrogen and oxygen atoms in total. The van der Waals surface area contributed by atoms with E-state index in [1.807, 2.05) is 12.1 Å². The van der Waals surface area contributed by atoms with Crippen molar-refractivity contribution in [3.05, 3.63) is 59.4 Å². The largest absolute Gasteiger partial charge is 0.370 e. The maximum absolute atomic E-state index is 15.5. The molecular formula is C26H28F2N4. The third-order valence-corrected chi connectivity index (χ3v) is 6.49. The molecule has 5 rings (SSSR count). The summed E-state index contributed by atoms with van der Waals surface area (Å²) in [5, 5.41) is 6.60. The number of halogens is 2. The van der Waals surface area contributed by atoms with Gasteiger partial charge in [0, 0.05) is 47.7 Å². The topological polar surface area (TPSA) is 49.8 Å². The van der Waals surface area contributed by atoms with Gasteiger partial charge in [-0.2, -0.15) is 0 Å². The second-order valence-electron chi connectivity index (χ2n) is 9.14. The third-order valence-electron chi connectivity index (χ3n) is 6.49. The average Bonchev–Trinajstić information content (AvgIpc) is 3.72. The molecule has 2 heterocycles.